The molecule has 2 N–H and O–H groups in total. The zero-order valence-corrected chi connectivity index (χ0v) is 12.0. The number of H-pyrrole nitrogens is 2. The molecule has 0 amide bonds. The maximum Gasteiger partial charge on any atom is 0.110 e. The van der Waals surface area contributed by atoms with Crippen LogP contribution in [0.15, 0.2) is 36.8 Å². The first-order valence-electron chi connectivity index (χ1n) is 6.94. The summed E-state index contributed by atoms with van der Waals surface area (Å²) in [4.78, 5) is 13.0. The standard InChI is InChI=1S/C16H20N4/c1-20(2)8-5-13-11-19-15-4-3-12(9-14(13)15)10-16-17-6-7-18-16/h3-4,6-7,9,11,19H,5,8,10H2,1-2H3,(H,17,18). The second-order valence-corrected chi connectivity index (χ2v) is 5.46. The molecule has 2 heterocycles. The van der Waals surface area contributed by atoms with Gasteiger partial charge in [0.2, 0.25) is 0 Å². The molecule has 0 atom stereocenters. The number of nitrogens with one attached hydrogen (secondary N) is 2. The van der Waals surface area contributed by atoms with E-state index in [9.17, 15) is 0 Å². The van der Waals surface area contributed by atoms with E-state index in [1.54, 1.807) is 6.20 Å². The van der Waals surface area contributed by atoms with Gasteiger partial charge in [-0.25, -0.2) is 4.98 Å². The van der Waals surface area contributed by atoms with Gasteiger partial charge in [0.05, 0.1) is 0 Å². The molecule has 4 heteroatoms. The van der Waals surface area contributed by atoms with Gasteiger partial charge in [0.1, 0.15) is 5.82 Å². The monoisotopic (exact) mass is 268 g/mol. The van der Waals surface area contributed by atoms with Crippen LogP contribution in [0.1, 0.15) is 17.0 Å². The molecule has 0 saturated carbocycles. The molecule has 20 heavy (non-hydrogen) atoms. The molecule has 2 aromatic heterocycles. The fourth-order valence-corrected chi connectivity index (χ4v) is 2.47. The van der Waals surface area contributed by atoms with Crippen LogP contribution in [0.3, 0.4) is 0 Å². The highest BCUT2D eigenvalue weighted by molar-refractivity contribution is 5.84. The Morgan fingerprint density at radius 2 is 2.10 bits per heavy atom. The molecule has 0 fully saturated rings. The zero-order chi connectivity index (χ0) is 13.9. The maximum atomic E-state index is 4.29. The Morgan fingerprint density at radius 3 is 2.85 bits per heavy atom. The Hall–Kier alpha value is -2.07. The minimum absolute atomic E-state index is 0.848. The van der Waals surface area contributed by atoms with Crippen molar-refractivity contribution in [3.05, 3.63) is 53.7 Å². The summed E-state index contributed by atoms with van der Waals surface area (Å²) in [6, 6.07) is 6.60. The molecule has 3 rings (SSSR count). The van der Waals surface area contributed by atoms with E-state index in [0.29, 0.717) is 0 Å². The summed E-state index contributed by atoms with van der Waals surface area (Å²) in [5, 5.41) is 1.33. The number of aromatic amines is 2. The SMILES string of the molecule is CN(C)CCc1c[nH]c2ccc(Cc3ncc[nH]3)cc12. The summed E-state index contributed by atoms with van der Waals surface area (Å²) in [6.07, 6.45) is 7.71. The lowest BCUT2D eigenvalue weighted by Gasteiger charge is -2.08. The Balaban J connectivity index is 1.86. The van der Waals surface area contributed by atoms with Crippen LogP contribution >= 0.6 is 0 Å². The van der Waals surface area contributed by atoms with E-state index in [-0.39, 0.29) is 0 Å². The van der Waals surface area contributed by atoms with Crippen LogP contribution in [0.5, 0.6) is 0 Å². The number of fused-ring (bicyclic) bond motifs is 1. The number of imidazole rings is 1. The van der Waals surface area contributed by atoms with E-state index in [1.165, 1.54) is 22.0 Å². The van der Waals surface area contributed by atoms with Gasteiger partial charge >= 0.3 is 0 Å². The van der Waals surface area contributed by atoms with Crippen LogP contribution in [0, 0.1) is 0 Å². The van der Waals surface area contributed by atoms with Crippen molar-refractivity contribution in [1.29, 1.82) is 0 Å². The van der Waals surface area contributed by atoms with Crippen molar-refractivity contribution in [2.75, 3.05) is 20.6 Å². The molecule has 1 aromatic carbocycles. The third-order valence-corrected chi connectivity index (χ3v) is 3.59. The number of likely N-dealkylation sites (N-methyl/N-ethyl adjacent to an activating group) is 1. The molecule has 0 bridgehead atoms. The van der Waals surface area contributed by atoms with Gasteiger partial charge in [-0.1, -0.05) is 6.07 Å². The smallest absolute Gasteiger partial charge is 0.110 e. The molecule has 3 aromatic rings. The van der Waals surface area contributed by atoms with E-state index in [0.717, 1.165) is 25.2 Å². The Labute approximate surface area is 118 Å². The first-order chi connectivity index (χ1) is 9.72. The molecule has 0 spiro atoms. The Bertz CT molecular complexity index is 680. The molecular formula is C16H20N4. The predicted octanol–water partition coefficient (Wildman–Crippen LogP) is 2.59. The fraction of sp³-hybridized carbons (Fsp3) is 0.312. The van der Waals surface area contributed by atoms with E-state index >= 15 is 0 Å². The number of benzene rings is 1. The summed E-state index contributed by atoms with van der Waals surface area (Å²) in [5.74, 6) is 1.01. The average molecular weight is 268 g/mol. The highest BCUT2D eigenvalue weighted by atomic mass is 15.0. The zero-order valence-electron chi connectivity index (χ0n) is 12.0. The second-order valence-electron chi connectivity index (χ2n) is 5.46. The Morgan fingerprint density at radius 1 is 1.20 bits per heavy atom. The first kappa shape index (κ1) is 12.9. The summed E-state index contributed by atoms with van der Waals surface area (Å²) in [6.45, 7) is 1.06. The predicted molar refractivity (Wildman–Crippen MR) is 82.0 cm³/mol. The van der Waals surface area contributed by atoms with Crippen molar-refractivity contribution < 1.29 is 0 Å². The molecule has 0 unspecified atom stereocenters. The molecule has 4 nitrogen and oxygen atoms in total. The van der Waals surface area contributed by atoms with Gasteiger partial charge in [-0.3, -0.25) is 0 Å². The van der Waals surface area contributed by atoms with E-state index in [2.05, 4.69) is 58.3 Å². The van der Waals surface area contributed by atoms with E-state index in [1.807, 2.05) is 6.20 Å². The molecule has 0 radical (unpaired) electrons. The quantitative estimate of drug-likeness (QED) is 0.747. The number of hydrogen-bond acceptors (Lipinski definition) is 2. The van der Waals surface area contributed by atoms with E-state index in [4.69, 9.17) is 0 Å². The van der Waals surface area contributed by atoms with Gasteiger partial charge in [-0.15, -0.1) is 0 Å². The minimum atomic E-state index is 0.848. The van der Waals surface area contributed by atoms with Gasteiger partial charge in [-0.2, -0.15) is 0 Å². The number of hydrogen-bond donors (Lipinski definition) is 2. The van der Waals surface area contributed by atoms with Gasteiger partial charge in [0.15, 0.2) is 0 Å². The summed E-state index contributed by atoms with van der Waals surface area (Å²) in [7, 11) is 4.22. The van der Waals surface area contributed by atoms with Crippen LogP contribution in [-0.4, -0.2) is 40.5 Å². The highest BCUT2D eigenvalue weighted by Crippen LogP contribution is 2.21. The number of aromatic nitrogens is 3. The topological polar surface area (TPSA) is 47.7 Å². The van der Waals surface area contributed by atoms with Crippen molar-refractivity contribution in [1.82, 2.24) is 19.9 Å². The maximum absolute atomic E-state index is 4.29. The van der Waals surface area contributed by atoms with Crippen LogP contribution in [0.4, 0.5) is 0 Å². The van der Waals surface area contributed by atoms with Gasteiger partial charge in [0, 0.05) is 42.5 Å². The molecular weight excluding hydrogens is 248 g/mol. The van der Waals surface area contributed by atoms with Crippen molar-refractivity contribution >= 4 is 10.9 Å². The van der Waals surface area contributed by atoms with Crippen molar-refractivity contribution in [2.24, 2.45) is 0 Å². The molecule has 0 aliphatic heterocycles. The fourth-order valence-electron chi connectivity index (χ4n) is 2.47. The molecule has 0 saturated heterocycles. The molecule has 0 aliphatic rings. The van der Waals surface area contributed by atoms with Crippen LogP contribution in [-0.2, 0) is 12.8 Å². The van der Waals surface area contributed by atoms with Crippen LogP contribution < -0.4 is 0 Å². The van der Waals surface area contributed by atoms with Crippen molar-refractivity contribution in [2.45, 2.75) is 12.8 Å². The van der Waals surface area contributed by atoms with Crippen molar-refractivity contribution in [3.8, 4) is 0 Å². The lowest BCUT2D eigenvalue weighted by molar-refractivity contribution is 0.414. The summed E-state index contributed by atoms with van der Waals surface area (Å²) in [5.41, 5.74) is 3.88. The Kier molecular flexibility index (Phi) is 3.56. The number of nitrogens with zero attached hydrogens (tertiary/aromatic N) is 2. The van der Waals surface area contributed by atoms with E-state index < -0.39 is 0 Å². The third-order valence-electron chi connectivity index (χ3n) is 3.59. The summed E-state index contributed by atoms with van der Waals surface area (Å²) >= 11 is 0. The van der Waals surface area contributed by atoms with Crippen LogP contribution in [0.2, 0.25) is 0 Å². The lowest BCUT2D eigenvalue weighted by Crippen LogP contribution is -2.14. The third kappa shape index (κ3) is 2.75. The minimum Gasteiger partial charge on any atom is -0.361 e. The highest BCUT2D eigenvalue weighted by Gasteiger charge is 2.06. The second kappa shape index (κ2) is 5.51. The first-order valence-corrected chi connectivity index (χ1v) is 6.94. The molecule has 104 valence electrons. The largest absolute Gasteiger partial charge is 0.361 e. The van der Waals surface area contributed by atoms with Gasteiger partial charge in [-0.05, 0) is 43.8 Å². The normalized spacial score (nSPS) is 11.6. The average Bonchev–Trinajstić information content (AvgIpc) is 3.05. The van der Waals surface area contributed by atoms with Gasteiger partial charge in [0.25, 0.3) is 0 Å². The van der Waals surface area contributed by atoms with Crippen LogP contribution in [0.25, 0.3) is 10.9 Å². The summed E-state index contributed by atoms with van der Waals surface area (Å²) < 4.78 is 0. The number of rotatable bonds is 5. The lowest BCUT2D eigenvalue weighted by atomic mass is 10.1. The molecule has 0 aliphatic carbocycles. The van der Waals surface area contributed by atoms with Crippen molar-refractivity contribution in [3.63, 3.8) is 0 Å². The van der Waals surface area contributed by atoms with Gasteiger partial charge < -0.3 is 14.9 Å².